The minimum absolute atomic E-state index is 0.266. The SMILES string of the molecule is Cc1ccc(Cc2nn3c(=O)c(=CC=Cc4ccccc4)sc3nc2=O)cc1. The van der Waals surface area contributed by atoms with E-state index in [-0.39, 0.29) is 11.3 Å². The summed E-state index contributed by atoms with van der Waals surface area (Å²) in [5.74, 6) is 0. The van der Waals surface area contributed by atoms with E-state index in [1.165, 1.54) is 4.52 Å². The zero-order valence-electron chi connectivity index (χ0n) is 15.2. The average molecular weight is 387 g/mol. The lowest BCUT2D eigenvalue weighted by molar-refractivity contribution is 0.811. The van der Waals surface area contributed by atoms with Gasteiger partial charge in [0.25, 0.3) is 11.1 Å². The van der Waals surface area contributed by atoms with Gasteiger partial charge in [-0.05, 0) is 24.1 Å². The Hall–Kier alpha value is -3.38. The van der Waals surface area contributed by atoms with Gasteiger partial charge in [-0.2, -0.15) is 14.6 Å². The molecule has 0 bridgehead atoms. The highest BCUT2D eigenvalue weighted by Gasteiger charge is 2.11. The van der Waals surface area contributed by atoms with Crippen molar-refractivity contribution < 1.29 is 0 Å². The van der Waals surface area contributed by atoms with Crippen LogP contribution in [-0.4, -0.2) is 14.6 Å². The first-order valence-electron chi connectivity index (χ1n) is 8.82. The number of allylic oxidation sites excluding steroid dienone is 1. The molecule has 0 aliphatic heterocycles. The quantitative estimate of drug-likeness (QED) is 0.540. The van der Waals surface area contributed by atoms with E-state index in [0.29, 0.717) is 15.9 Å². The Morgan fingerprint density at radius 2 is 1.79 bits per heavy atom. The minimum Gasteiger partial charge on any atom is -0.266 e. The largest absolute Gasteiger partial charge is 0.296 e. The third kappa shape index (κ3) is 3.82. The molecule has 0 radical (unpaired) electrons. The molecule has 138 valence electrons. The second-order valence-corrected chi connectivity index (χ2v) is 7.44. The summed E-state index contributed by atoms with van der Waals surface area (Å²) in [7, 11) is 0. The van der Waals surface area contributed by atoms with Gasteiger partial charge < -0.3 is 0 Å². The highest BCUT2D eigenvalue weighted by atomic mass is 32.1. The maximum absolute atomic E-state index is 12.6. The number of rotatable bonds is 4. The maximum atomic E-state index is 12.6. The predicted octanol–water partition coefficient (Wildman–Crippen LogP) is 2.62. The van der Waals surface area contributed by atoms with E-state index in [1.54, 1.807) is 6.08 Å². The van der Waals surface area contributed by atoms with Crippen LogP contribution in [0.1, 0.15) is 22.4 Å². The van der Waals surface area contributed by atoms with Crippen molar-refractivity contribution in [2.24, 2.45) is 0 Å². The smallest absolute Gasteiger partial charge is 0.266 e. The van der Waals surface area contributed by atoms with Crippen LogP contribution in [0.3, 0.4) is 0 Å². The Bertz CT molecular complexity index is 1320. The van der Waals surface area contributed by atoms with Gasteiger partial charge in [0.15, 0.2) is 0 Å². The number of aromatic nitrogens is 3. The summed E-state index contributed by atoms with van der Waals surface area (Å²) in [5, 5.41) is 4.27. The fraction of sp³-hybridized carbons (Fsp3) is 0.0909. The highest BCUT2D eigenvalue weighted by molar-refractivity contribution is 7.15. The van der Waals surface area contributed by atoms with Gasteiger partial charge in [-0.15, -0.1) is 0 Å². The first-order chi connectivity index (χ1) is 13.6. The monoisotopic (exact) mass is 387 g/mol. The summed E-state index contributed by atoms with van der Waals surface area (Å²) in [6, 6.07) is 17.7. The fourth-order valence-electron chi connectivity index (χ4n) is 2.78. The molecule has 5 nitrogen and oxygen atoms in total. The molecule has 0 saturated heterocycles. The zero-order valence-corrected chi connectivity index (χ0v) is 16.0. The number of hydrogen-bond acceptors (Lipinski definition) is 5. The summed E-state index contributed by atoms with van der Waals surface area (Å²) in [5.41, 5.74) is 2.74. The number of aryl methyl sites for hydroxylation is 1. The van der Waals surface area contributed by atoms with Gasteiger partial charge in [-0.1, -0.05) is 83.6 Å². The normalized spacial score (nSPS) is 12.2. The van der Waals surface area contributed by atoms with Crippen LogP contribution < -0.4 is 15.7 Å². The molecule has 28 heavy (non-hydrogen) atoms. The number of fused-ring (bicyclic) bond motifs is 1. The third-order valence-electron chi connectivity index (χ3n) is 4.28. The van der Waals surface area contributed by atoms with E-state index in [9.17, 15) is 9.59 Å². The van der Waals surface area contributed by atoms with Crippen molar-refractivity contribution >= 4 is 28.4 Å². The van der Waals surface area contributed by atoms with E-state index in [1.807, 2.05) is 73.7 Å². The lowest BCUT2D eigenvalue weighted by Gasteiger charge is -2.01. The number of nitrogens with zero attached hydrogens (tertiary/aromatic N) is 3. The molecule has 0 unspecified atom stereocenters. The van der Waals surface area contributed by atoms with Crippen molar-refractivity contribution in [2.45, 2.75) is 13.3 Å². The molecule has 4 rings (SSSR count). The van der Waals surface area contributed by atoms with Crippen molar-refractivity contribution in [3.63, 3.8) is 0 Å². The Kier molecular flexibility index (Phi) is 4.95. The van der Waals surface area contributed by atoms with E-state index in [4.69, 9.17) is 0 Å². The second kappa shape index (κ2) is 7.70. The molecule has 2 aromatic carbocycles. The summed E-state index contributed by atoms with van der Waals surface area (Å²) < 4.78 is 1.71. The molecule has 0 saturated carbocycles. The van der Waals surface area contributed by atoms with Crippen LogP contribution in [-0.2, 0) is 6.42 Å². The minimum atomic E-state index is -0.395. The van der Waals surface area contributed by atoms with Crippen LogP contribution in [0.2, 0.25) is 0 Å². The van der Waals surface area contributed by atoms with Crippen LogP contribution in [0, 0.1) is 6.92 Å². The Morgan fingerprint density at radius 1 is 1.04 bits per heavy atom. The molecule has 2 heterocycles. The summed E-state index contributed by atoms with van der Waals surface area (Å²) in [6.45, 7) is 2.00. The van der Waals surface area contributed by atoms with Gasteiger partial charge in [0.05, 0.1) is 4.53 Å². The summed E-state index contributed by atoms with van der Waals surface area (Å²) >= 11 is 1.16. The molecule has 0 atom stereocenters. The topological polar surface area (TPSA) is 64.3 Å². The van der Waals surface area contributed by atoms with Crippen molar-refractivity contribution in [1.82, 2.24) is 14.6 Å². The van der Waals surface area contributed by atoms with Gasteiger partial charge in [-0.3, -0.25) is 9.59 Å². The number of benzene rings is 2. The van der Waals surface area contributed by atoms with Crippen molar-refractivity contribution in [3.8, 4) is 0 Å². The lowest BCUT2D eigenvalue weighted by Crippen LogP contribution is -2.27. The van der Waals surface area contributed by atoms with E-state index in [2.05, 4.69) is 10.1 Å². The van der Waals surface area contributed by atoms with E-state index >= 15 is 0 Å². The van der Waals surface area contributed by atoms with Crippen molar-refractivity contribution in [1.29, 1.82) is 0 Å². The standard InChI is InChI=1S/C22H17N3O2S/c1-15-10-12-17(13-11-15)14-18-20(26)23-22-25(24-18)21(27)19(28-22)9-5-8-16-6-3-2-4-7-16/h2-13H,14H2,1H3. The Labute approximate surface area is 164 Å². The molecule has 0 spiro atoms. The molecule has 2 aromatic heterocycles. The highest BCUT2D eigenvalue weighted by Crippen LogP contribution is 2.07. The van der Waals surface area contributed by atoms with E-state index in [0.717, 1.165) is 28.0 Å². The molecule has 0 fully saturated rings. The van der Waals surface area contributed by atoms with E-state index < -0.39 is 5.56 Å². The van der Waals surface area contributed by atoms with Gasteiger partial charge in [0.2, 0.25) is 4.96 Å². The Balaban J connectivity index is 1.70. The summed E-state index contributed by atoms with van der Waals surface area (Å²) in [6.07, 6.45) is 5.79. The number of thiazole rings is 1. The van der Waals surface area contributed by atoms with Crippen LogP contribution in [0.25, 0.3) is 17.1 Å². The molecule has 4 aromatic rings. The van der Waals surface area contributed by atoms with Crippen LogP contribution in [0.15, 0.2) is 70.3 Å². The van der Waals surface area contributed by atoms with Gasteiger partial charge >= 0.3 is 0 Å². The van der Waals surface area contributed by atoms with Crippen LogP contribution in [0.5, 0.6) is 0 Å². The lowest BCUT2D eigenvalue weighted by atomic mass is 10.1. The van der Waals surface area contributed by atoms with Gasteiger partial charge in [0, 0.05) is 6.42 Å². The van der Waals surface area contributed by atoms with Gasteiger partial charge in [-0.25, -0.2) is 0 Å². The van der Waals surface area contributed by atoms with Crippen molar-refractivity contribution in [2.75, 3.05) is 0 Å². The average Bonchev–Trinajstić information content (AvgIpc) is 3.00. The maximum Gasteiger partial charge on any atom is 0.296 e. The molecule has 6 heteroatoms. The molecular weight excluding hydrogens is 370 g/mol. The second-order valence-electron chi connectivity index (χ2n) is 6.43. The predicted molar refractivity (Wildman–Crippen MR) is 113 cm³/mol. The molecule has 0 aliphatic rings. The molecular formula is C22H17N3O2S. The fourth-order valence-corrected chi connectivity index (χ4v) is 3.63. The Morgan fingerprint density at radius 3 is 2.54 bits per heavy atom. The first kappa shape index (κ1) is 18.0. The number of hydrogen-bond donors (Lipinski definition) is 0. The summed E-state index contributed by atoms with van der Waals surface area (Å²) in [4.78, 5) is 29.3. The molecule has 0 aliphatic carbocycles. The zero-order chi connectivity index (χ0) is 19.5. The molecule has 0 N–H and O–H groups in total. The van der Waals surface area contributed by atoms with Crippen LogP contribution >= 0.6 is 11.3 Å². The van der Waals surface area contributed by atoms with Crippen LogP contribution in [0.4, 0.5) is 0 Å². The first-order valence-corrected chi connectivity index (χ1v) is 9.63. The third-order valence-corrected chi connectivity index (χ3v) is 5.26. The van der Waals surface area contributed by atoms with Crippen molar-refractivity contribution in [3.05, 3.63) is 108 Å². The molecule has 0 amide bonds. The van der Waals surface area contributed by atoms with Gasteiger partial charge in [0.1, 0.15) is 5.69 Å².